The van der Waals surface area contributed by atoms with Gasteiger partial charge in [0.05, 0.1) is 37.4 Å². The SMILES string of the molecule is CCCOc1cc(OCCC)c(C#CCN2CCCCC2)cc1C#CCN1CCCCC1. The maximum Gasteiger partial charge on any atom is 0.138 e. The Morgan fingerprint density at radius 2 is 1.09 bits per heavy atom. The van der Waals surface area contributed by atoms with Gasteiger partial charge in [-0.3, -0.25) is 9.80 Å². The van der Waals surface area contributed by atoms with Gasteiger partial charge in [-0.1, -0.05) is 50.4 Å². The molecule has 2 aliphatic rings. The average molecular weight is 437 g/mol. The first kappa shape index (κ1) is 24.5. The van der Waals surface area contributed by atoms with Gasteiger partial charge in [-0.25, -0.2) is 0 Å². The van der Waals surface area contributed by atoms with Gasteiger partial charge < -0.3 is 9.47 Å². The largest absolute Gasteiger partial charge is 0.492 e. The van der Waals surface area contributed by atoms with E-state index in [4.69, 9.17) is 9.47 Å². The first-order valence-corrected chi connectivity index (χ1v) is 12.7. The standard InChI is InChI=1S/C28H40N2O2/c1-3-21-31-27-24-28(32-22-4-2)26(14-12-20-30-17-9-6-10-18-30)23-25(27)13-11-19-29-15-7-5-8-16-29/h23-24H,3-10,15-22H2,1-2H3. The fraction of sp³-hybridized carbons (Fsp3) is 0.643. The Bertz CT molecular complexity index is 750. The Morgan fingerprint density at radius 3 is 1.50 bits per heavy atom. The second kappa shape index (κ2) is 14.1. The smallest absolute Gasteiger partial charge is 0.138 e. The summed E-state index contributed by atoms with van der Waals surface area (Å²) in [5, 5.41) is 0. The second-order valence-electron chi connectivity index (χ2n) is 8.82. The zero-order valence-electron chi connectivity index (χ0n) is 20.2. The molecule has 4 nitrogen and oxygen atoms in total. The van der Waals surface area contributed by atoms with Crippen LogP contribution in [0, 0.1) is 23.7 Å². The van der Waals surface area contributed by atoms with Crippen LogP contribution in [0.1, 0.15) is 76.3 Å². The van der Waals surface area contributed by atoms with E-state index in [0.29, 0.717) is 13.2 Å². The molecule has 4 heteroatoms. The maximum atomic E-state index is 6.05. The topological polar surface area (TPSA) is 24.9 Å². The van der Waals surface area contributed by atoms with Crippen molar-refractivity contribution in [2.45, 2.75) is 65.2 Å². The second-order valence-corrected chi connectivity index (χ2v) is 8.82. The molecular formula is C28H40N2O2. The van der Waals surface area contributed by atoms with Crippen LogP contribution in [0.5, 0.6) is 11.5 Å². The predicted molar refractivity (Wildman–Crippen MR) is 132 cm³/mol. The minimum absolute atomic E-state index is 0.675. The third-order valence-electron chi connectivity index (χ3n) is 5.95. The molecule has 0 aromatic heterocycles. The minimum atomic E-state index is 0.675. The van der Waals surface area contributed by atoms with Crippen LogP contribution in [0.3, 0.4) is 0 Å². The summed E-state index contributed by atoms with van der Waals surface area (Å²) >= 11 is 0. The highest BCUT2D eigenvalue weighted by atomic mass is 16.5. The molecule has 0 bridgehead atoms. The molecular weight excluding hydrogens is 396 g/mol. The minimum Gasteiger partial charge on any atom is -0.492 e. The van der Waals surface area contributed by atoms with Crippen molar-refractivity contribution in [3.05, 3.63) is 23.3 Å². The Kier molecular flexibility index (Phi) is 10.8. The maximum absolute atomic E-state index is 6.05. The van der Waals surface area contributed by atoms with E-state index in [2.05, 4.69) is 53.4 Å². The Balaban J connectivity index is 1.81. The number of hydrogen-bond acceptors (Lipinski definition) is 4. The van der Waals surface area contributed by atoms with E-state index in [1.54, 1.807) is 0 Å². The monoisotopic (exact) mass is 436 g/mol. The van der Waals surface area contributed by atoms with Gasteiger partial charge in [0.1, 0.15) is 11.5 Å². The first-order valence-electron chi connectivity index (χ1n) is 12.7. The zero-order valence-corrected chi connectivity index (χ0v) is 20.2. The van der Waals surface area contributed by atoms with Crippen molar-refractivity contribution in [3.8, 4) is 35.2 Å². The van der Waals surface area contributed by atoms with E-state index < -0.39 is 0 Å². The molecule has 0 N–H and O–H groups in total. The predicted octanol–water partition coefficient (Wildman–Crippen LogP) is 4.94. The number of nitrogens with zero attached hydrogens (tertiary/aromatic N) is 2. The summed E-state index contributed by atoms with van der Waals surface area (Å²) in [7, 11) is 0. The van der Waals surface area contributed by atoms with Crippen molar-refractivity contribution in [2.24, 2.45) is 0 Å². The molecule has 1 aromatic rings. The van der Waals surface area contributed by atoms with Crippen LogP contribution in [0.4, 0.5) is 0 Å². The average Bonchev–Trinajstić information content (AvgIpc) is 2.84. The van der Waals surface area contributed by atoms with Gasteiger partial charge in [0.25, 0.3) is 0 Å². The van der Waals surface area contributed by atoms with Crippen LogP contribution in [0.2, 0.25) is 0 Å². The molecule has 32 heavy (non-hydrogen) atoms. The number of rotatable bonds is 8. The molecule has 2 fully saturated rings. The number of ether oxygens (including phenoxy) is 2. The van der Waals surface area contributed by atoms with E-state index in [1.165, 1.54) is 38.5 Å². The molecule has 0 radical (unpaired) electrons. The number of likely N-dealkylation sites (tertiary alicyclic amines) is 2. The summed E-state index contributed by atoms with van der Waals surface area (Å²) in [5.41, 5.74) is 1.84. The summed E-state index contributed by atoms with van der Waals surface area (Å²) in [6.45, 7) is 11.9. The molecule has 174 valence electrons. The number of benzene rings is 1. The molecule has 0 unspecified atom stereocenters. The van der Waals surface area contributed by atoms with Crippen LogP contribution in [0.15, 0.2) is 12.1 Å². The van der Waals surface area contributed by atoms with Gasteiger partial charge in [-0.05, 0) is 70.8 Å². The number of piperidine rings is 2. The lowest BCUT2D eigenvalue weighted by Gasteiger charge is -2.23. The summed E-state index contributed by atoms with van der Waals surface area (Å²) < 4.78 is 12.1. The van der Waals surface area contributed by atoms with Gasteiger partial charge in [-0.15, -0.1) is 0 Å². The zero-order chi connectivity index (χ0) is 22.4. The molecule has 3 rings (SSSR count). The lowest BCUT2D eigenvalue weighted by atomic mass is 10.1. The normalized spacial score (nSPS) is 17.1. The van der Waals surface area contributed by atoms with Crippen molar-refractivity contribution < 1.29 is 9.47 Å². The van der Waals surface area contributed by atoms with E-state index in [9.17, 15) is 0 Å². The van der Waals surface area contributed by atoms with Crippen molar-refractivity contribution in [2.75, 3.05) is 52.5 Å². The highest BCUT2D eigenvalue weighted by Gasteiger charge is 2.12. The molecule has 2 aliphatic heterocycles. The first-order chi connectivity index (χ1) is 15.8. The van der Waals surface area contributed by atoms with Crippen LogP contribution in [-0.4, -0.2) is 62.3 Å². The Hall–Kier alpha value is -2.14. The highest BCUT2D eigenvalue weighted by molar-refractivity contribution is 5.58. The molecule has 0 atom stereocenters. The molecule has 1 aromatic carbocycles. The Labute approximate surface area is 195 Å². The molecule has 0 spiro atoms. The molecule has 0 aliphatic carbocycles. The molecule has 2 heterocycles. The van der Waals surface area contributed by atoms with Crippen molar-refractivity contribution in [1.29, 1.82) is 0 Å². The fourth-order valence-electron chi connectivity index (χ4n) is 4.15. The number of hydrogen-bond donors (Lipinski definition) is 0. The lowest BCUT2D eigenvalue weighted by molar-refractivity contribution is 0.255. The highest BCUT2D eigenvalue weighted by Crippen LogP contribution is 2.29. The van der Waals surface area contributed by atoms with Gasteiger partial charge in [0.15, 0.2) is 0 Å². The van der Waals surface area contributed by atoms with Crippen LogP contribution < -0.4 is 9.47 Å². The summed E-state index contributed by atoms with van der Waals surface area (Å²) in [5.74, 6) is 15.2. The quantitative estimate of drug-likeness (QED) is 0.539. The van der Waals surface area contributed by atoms with E-state index in [-0.39, 0.29) is 0 Å². The fourth-order valence-corrected chi connectivity index (χ4v) is 4.15. The van der Waals surface area contributed by atoms with Crippen LogP contribution in [-0.2, 0) is 0 Å². The van der Waals surface area contributed by atoms with Crippen molar-refractivity contribution >= 4 is 0 Å². The lowest BCUT2D eigenvalue weighted by Crippen LogP contribution is -2.29. The molecule has 2 saturated heterocycles. The van der Waals surface area contributed by atoms with Crippen molar-refractivity contribution in [1.82, 2.24) is 9.80 Å². The molecule has 0 amide bonds. The van der Waals surface area contributed by atoms with Gasteiger partial charge >= 0.3 is 0 Å². The van der Waals surface area contributed by atoms with Crippen LogP contribution >= 0.6 is 0 Å². The molecule has 0 saturated carbocycles. The summed E-state index contributed by atoms with van der Waals surface area (Å²) in [4.78, 5) is 4.89. The Morgan fingerprint density at radius 1 is 0.656 bits per heavy atom. The van der Waals surface area contributed by atoms with Crippen molar-refractivity contribution in [3.63, 3.8) is 0 Å². The third kappa shape index (κ3) is 8.09. The van der Waals surface area contributed by atoms with Gasteiger partial charge in [-0.2, -0.15) is 0 Å². The van der Waals surface area contributed by atoms with Gasteiger partial charge in [0, 0.05) is 6.07 Å². The third-order valence-corrected chi connectivity index (χ3v) is 5.95. The van der Waals surface area contributed by atoms with E-state index in [0.717, 1.165) is 74.7 Å². The van der Waals surface area contributed by atoms with E-state index >= 15 is 0 Å². The van der Waals surface area contributed by atoms with E-state index in [1.807, 2.05) is 6.07 Å². The van der Waals surface area contributed by atoms with Gasteiger partial charge in [0.2, 0.25) is 0 Å². The summed E-state index contributed by atoms with van der Waals surface area (Å²) in [6, 6.07) is 4.07. The summed E-state index contributed by atoms with van der Waals surface area (Å²) in [6.07, 6.45) is 9.75. The van der Waals surface area contributed by atoms with Crippen LogP contribution in [0.25, 0.3) is 0 Å².